The van der Waals surface area contributed by atoms with Crippen LogP contribution in [0.15, 0.2) is 40.9 Å². The Balaban J connectivity index is 1.48. The van der Waals surface area contributed by atoms with E-state index in [1.165, 1.54) is 0 Å². The number of carbonyl (C=O) groups excluding carboxylic acids is 1. The molecule has 1 atom stereocenters. The van der Waals surface area contributed by atoms with E-state index in [-0.39, 0.29) is 11.9 Å². The monoisotopic (exact) mass is 326 g/mol. The van der Waals surface area contributed by atoms with E-state index in [2.05, 4.69) is 10.3 Å². The highest BCUT2D eigenvalue weighted by Gasteiger charge is 2.30. The largest absolute Gasteiger partial charge is 0.451 e. The van der Waals surface area contributed by atoms with Gasteiger partial charge >= 0.3 is 0 Å². The van der Waals surface area contributed by atoms with Crippen LogP contribution < -0.4 is 0 Å². The van der Waals surface area contributed by atoms with Crippen molar-refractivity contribution in [3.63, 3.8) is 0 Å². The summed E-state index contributed by atoms with van der Waals surface area (Å²) in [4.78, 5) is 14.5. The highest BCUT2D eigenvalue weighted by molar-refractivity contribution is 5.96. The summed E-state index contributed by atoms with van der Waals surface area (Å²) < 4.78 is 12.6. The fraction of sp³-hybridized carbons (Fsp3) is 0.353. The summed E-state index contributed by atoms with van der Waals surface area (Å²) in [5, 5.41) is 9.16. The summed E-state index contributed by atoms with van der Waals surface area (Å²) in [5.41, 5.74) is 1.52. The number of amides is 1. The quantitative estimate of drug-likeness (QED) is 0.735. The number of furan rings is 1. The number of aromatic nitrogens is 3. The van der Waals surface area contributed by atoms with Crippen molar-refractivity contribution >= 4 is 16.9 Å². The van der Waals surface area contributed by atoms with Crippen molar-refractivity contribution < 1.29 is 13.9 Å². The fourth-order valence-corrected chi connectivity index (χ4v) is 3.09. The van der Waals surface area contributed by atoms with Gasteiger partial charge in [-0.15, -0.1) is 5.10 Å². The Bertz CT molecular complexity index is 836. The molecule has 4 rings (SSSR count). The van der Waals surface area contributed by atoms with Crippen LogP contribution in [0.4, 0.5) is 0 Å². The Morgan fingerprint density at radius 1 is 1.42 bits per heavy atom. The lowest BCUT2D eigenvalue weighted by molar-refractivity contribution is 0.0757. The first-order valence-corrected chi connectivity index (χ1v) is 7.92. The summed E-state index contributed by atoms with van der Waals surface area (Å²) in [5.74, 6) is 0.307. The lowest BCUT2D eigenvalue weighted by Crippen LogP contribution is -2.28. The first-order chi connectivity index (χ1) is 11.7. The molecular formula is C17H18N4O3. The topological polar surface area (TPSA) is 73.4 Å². The molecule has 7 heteroatoms. The number of hydrogen-bond donors (Lipinski definition) is 0. The maximum absolute atomic E-state index is 12.7. The predicted molar refractivity (Wildman–Crippen MR) is 86.5 cm³/mol. The number of carbonyl (C=O) groups is 1. The van der Waals surface area contributed by atoms with E-state index in [0.29, 0.717) is 25.5 Å². The molecule has 7 nitrogen and oxygen atoms in total. The number of para-hydroxylation sites is 1. The Labute approximate surface area is 138 Å². The summed E-state index contributed by atoms with van der Waals surface area (Å²) in [6.07, 6.45) is 2.73. The number of nitrogens with zero attached hydrogens (tertiary/aromatic N) is 4. The molecule has 124 valence electrons. The van der Waals surface area contributed by atoms with Crippen molar-refractivity contribution in [1.29, 1.82) is 0 Å². The van der Waals surface area contributed by atoms with E-state index in [1.54, 1.807) is 18.1 Å². The number of likely N-dealkylation sites (tertiary alicyclic amines) is 1. The normalized spacial score (nSPS) is 17.7. The second-order valence-electron chi connectivity index (χ2n) is 5.97. The third kappa shape index (κ3) is 2.67. The molecule has 24 heavy (non-hydrogen) atoms. The van der Waals surface area contributed by atoms with Gasteiger partial charge in [-0.1, -0.05) is 23.4 Å². The number of rotatable bonds is 4. The predicted octanol–water partition coefficient (Wildman–Crippen LogP) is 2.26. The minimum atomic E-state index is -0.0778. The van der Waals surface area contributed by atoms with E-state index < -0.39 is 0 Å². The number of ether oxygens (including phenoxy) is 1. The van der Waals surface area contributed by atoms with E-state index >= 15 is 0 Å². The van der Waals surface area contributed by atoms with Crippen LogP contribution in [0.5, 0.6) is 0 Å². The van der Waals surface area contributed by atoms with Crippen LogP contribution in [0.3, 0.4) is 0 Å². The molecule has 1 fully saturated rings. The Kier molecular flexibility index (Phi) is 3.78. The summed E-state index contributed by atoms with van der Waals surface area (Å²) >= 11 is 0. The van der Waals surface area contributed by atoms with Crippen molar-refractivity contribution in [2.45, 2.75) is 19.1 Å². The third-order valence-electron chi connectivity index (χ3n) is 4.31. The molecule has 1 amide bonds. The van der Waals surface area contributed by atoms with E-state index in [4.69, 9.17) is 9.15 Å². The number of hydrogen-bond acceptors (Lipinski definition) is 5. The molecule has 0 unspecified atom stereocenters. The molecular weight excluding hydrogens is 308 g/mol. The van der Waals surface area contributed by atoms with Gasteiger partial charge in [-0.3, -0.25) is 4.79 Å². The van der Waals surface area contributed by atoms with Crippen molar-refractivity contribution in [3.8, 4) is 0 Å². The van der Waals surface area contributed by atoms with Gasteiger partial charge in [0, 0.05) is 25.6 Å². The molecule has 0 radical (unpaired) electrons. The van der Waals surface area contributed by atoms with Crippen LogP contribution in [0, 0.1) is 0 Å². The molecule has 0 saturated carbocycles. The van der Waals surface area contributed by atoms with Crippen molar-refractivity contribution in [2.24, 2.45) is 0 Å². The molecule has 0 N–H and O–H groups in total. The Hall–Kier alpha value is -2.67. The molecule has 0 bridgehead atoms. The Morgan fingerprint density at radius 3 is 3.12 bits per heavy atom. The van der Waals surface area contributed by atoms with E-state index in [9.17, 15) is 4.79 Å². The minimum absolute atomic E-state index is 0.0778. The van der Waals surface area contributed by atoms with Crippen molar-refractivity contribution in [1.82, 2.24) is 19.9 Å². The number of fused-ring (bicyclic) bond motifs is 1. The van der Waals surface area contributed by atoms with Gasteiger partial charge in [0.15, 0.2) is 5.76 Å². The SMILES string of the molecule is COCc1cn([C@H]2CCN(C(=O)c3cc4ccccc4o3)C2)nn1. The van der Waals surface area contributed by atoms with Crippen LogP contribution in [0.1, 0.15) is 28.7 Å². The van der Waals surface area contributed by atoms with Gasteiger partial charge in [-0.25, -0.2) is 4.68 Å². The highest BCUT2D eigenvalue weighted by atomic mass is 16.5. The third-order valence-corrected chi connectivity index (χ3v) is 4.31. The first-order valence-electron chi connectivity index (χ1n) is 7.92. The van der Waals surface area contributed by atoms with Gasteiger partial charge in [-0.05, 0) is 18.6 Å². The maximum atomic E-state index is 12.7. The molecule has 3 aromatic rings. The van der Waals surface area contributed by atoms with Crippen LogP contribution in [0.25, 0.3) is 11.0 Å². The standard InChI is InChI=1S/C17H18N4O3/c1-23-11-13-9-21(19-18-13)14-6-7-20(10-14)17(22)16-8-12-4-2-3-5-15(12)24-16/h2-5,8-9,14H,6-7,10-11H2,1H3/t14-/m0/s1. The zero-order valence-electron chi connectivity index (χ0n) is 13.4. The zero-order chi connectivity index (χ0) is 16.5. The smallest absolute Gasteiger partial charge is 0.289 e. The second kappa shape index (κ2) is 6.09. The van der Waals surface area contributed by atoms with Crippen LogP contribution in [-0.2, 0) is 11.3 Å². The minimum Gasteiger partial charge on any atom is -0.451 e. The summed E-state index contributed by atoms with van der Waals surface area (Å²) in [7, 11) is 1.63. The fourth-order valence-electron chi connectivity index (χ4n) is 3.09. The van der Waals surface area contributed by atoms with Gasteiger partial charge in [0.25, 0.3) is 5.91 Å². The van der Waals surface area contributed by atoms with Gasteiger partial charge < -0.3 is 14.1 Å². The van der Waals surface area contributed by atoms with Crippen LogP contribution >= 0.6 is 0 Å². The molecule has 2 aromatic heterocycles. The second-order valence-corrected chi connectivity index (χ2v) is 5.97. The molecule has 1 aromatic carbocycles. The summed E-state index contributed by atoms with van der Waals surface area (Å²) in [6, 6.07) is 9.57. The molecule has 3 heterocycles. The number of benzene rings is 1. The van der Waals surface area contributed by atoms with Crippen LogP contribution in [-0.4, -0.2) is 46.0 Å². The van der Waals surface area contributed by atoms with Crippen molar-refractivity contribution in [3.05, 3.63) is 48.0 Å². The zero-order valence-corrected chi connectivity index (χ0v) is 13.4. The molecule has 0 aliphatic carbocycles. The summed E-state index contributed by atoms with van der Waals surface area (Å²) in [6.45, 7) is 1.72. The van der Waals surface area contributed by atoms with Crippen molar-refractivity contribution in [2.75, 3.05) is 20.2 Å². The molecule has 1 aliphatic rings. The Morgan fingerprint density at radius 2 is 2.29 bits per heavy atom. The maximum Gasteiger partial charge on any atom is 0.289 e. The van der Waals surface area contributed by atoms with Crippen LogP contribution in [0.2, 0.25) is 0 Å². The van der Waals surface area contributed by atoms with Gasteiger partial charge in [0.2, 0.25) is 0 Å². The molecule has 1 saturated heterocycles. The highest BCUT2D eigenvalue weighted by Crippen LogP contribution is 2.25. The number of methoxy groups -OCH3 is 1. The van der Waals surface area contributed by atoms with Gasteiger partial charge in [0.05, 0.1) is 18.8 Å². The molecule has 1 aliphatic heterocycles. The first kappa shape index (κ1) is 14.9. The average molecular weight is 326 g/mol. The molecule has 0 spiro atoms. The van der Waals surface area contributed by atoms with Gasteiger partial charge in [-0.2, -0.15) is 0 Å². The van der Waals surface area contributed by atoms with E-state index in [1.807, 2.05) is 35.1 Å². The van der Waals surface area contributed by atoms with Gasteiger partial charge in [0.1, 0.15) is 11.3 Å². The van der Waals surface area contributed by atoms with E-state index in [0.717, 1.165) is 23.1 Å². The average Bonchev–Trinajstić information content (AvgIpc) is 3.32. The lowest BCUT2D eigenvalue weighted by Gasteiger charge is -2.14. The lowest BCUT2D eigenvalue weighted by atomic mass is 10.2.